The van der Waals surface area contributed by atoms with Gasteiger partial charge in [0.15, 0.2) is 0 Å². The molecule has 1 aromatic rings. The first kappa shape index (κ1) is 10.5. The first-order chi connectivity index (χ1) is 7.27. The Morgan fingerprint density at radius 2 is 2.00 bits per heavy atom. The summed E-state index contributed by atoms with van der Waals surface area (Å²) < 4.78 is 0. The Hall–Kier alpha value is -1.00. The van der Waals surface area contributed by atoms with Crippen LogP contribution in [0.4, 0.5) is 0 Å². The highest BCUT2D eigenvalue weighted by Crippen LogP contribution is 2.18. The average Bonchev–Trinajstić information content (AvgIpc) is 2.30. The Bertz CT molecular complexity index is 293. The van der Waals surface area contributed by atoms with Gasteiger partial charge in [0.25, 0.3) is 0 Å². The van der Waals surface area contributed by atoms with E-state index in [1.54, 1.807) is 6.20 Å². The summed E-state index contributed by atoms with van der Waals surface area (Å²) in [4.78, 5) is 4.82. The highest BCUT2D eigenvalue weighted by molar-refractivity contribution is 5.04. The Morgan fingerprint density at radius 1 is 1.27 bits per heavy atom. The van der Waals surface area contributed by atoms with Gasteiger partial charge in [-0.25, -0.2) is 0 Å². The zero-order valence-corrected chi connectivity index (χ0v) is 9.43. The van der Waals surface area contributed by atoms with Gasteiger partial charge in [0.2, 0.25) is 0 Å². The van der Waals surface area contributed by atoms with Crippen LogP contribution in [-0.4, -0.2) is 53.2 Å². The van der Waals surface area contributed by atoms with Crippen LogP contribution >= 0.6 is 0 Å². The number of hydrogen-bond acceptors (Lipinski definition) is 4. The minimum atomic E-state index is 0.382. The summed E-state index contributed by atoms with van der Waals surface area (Å²) in [6, 6.07) is 4.39. The van der Waals surface area contributed by atoms with Gasteiger partial charge in [0.1, 0.15) is 0 Å². The molecule has 1 unspecified atom stereocenters. The first-order valence-corrected chi connectivity index (χ1v) is 5.47. The largest absolute Gasteiger partial charge is 0.304 e. The first-order valence-electron chi connectivity index (χ1n) is 5.47. The van der Waals surface area contributed by atoms with Crippen LogP contribution in [-0.2, 0) is 0 Å². The average molecular weight is 206 g/mol. The van der Waals surface area contributed by atoms with E-state index in [0.717, 1.165) is 31.9 Å². The van der Waals surface area contributed by atoms with Crippen LogP contribution in [0.15, 0.2) is 18.3 Å². The molecule has 0 saturated carbocycles. The van der Waals surface area contributed by atoms with Crippen LogP contribution in [0, 0.1) is 0 Å². The van der Waals surface area contributed by atoms with Gasteiger partial charge in [-0.2, -0.15) is 10.2 Å². The van der Waals surface area contributed by atoms with E-state index in [4.69, 9.17) is 0 Å². The van der Waals surface area contributed by atoms with Crippen molar-refractivity contribution in [3.8, 4) is 0 Å². The monoisotopic (exact) mass is 206 g/mol. The standard InChI is InChI=1S/C11H18N4/c1-10(11-4-3-5-12-13-11)15-8-6-14(2)7-9-15/h3-5,10H,6-9H2,1-2H3. The third-order valence-corrected chi connectivity index (χ3v) is 3.11. The fourth-order valence-electron chi connectivity index (χ4n) is 1.93. The van der Waals surface area contributed by atoms with Crippen molar-refractivity contribution in [1.82, 2.24) is 20.0 Å². The van der Waals surface area contributed by atoms with Crippen LogP contribution in [0.1, 0.15) is 18.7 Å². The minimum absolute atomic E-state index is 0.382. The number of aromatic nitrogens is 2. The van der Waals surface area contributed by atoms with E-state index >= 15 is 0 Å². The van der Waals surface area contributed by atoms with Crippen molar-refractivity contribution in [1.29, 1.82) is 0 Å². The second kappa shape index (κ2) is 4.68. The number of hydrogen-bond donors (Lipinski definition) is 0. The van der Waals surface area contributed by atoms with Crippen LogP contribution < -0.4 is 0 Å². The Kier molecular flexibility index (Phi) is 3.28. The van der Waals surface area contributed by atoms with Crippen molar-refractivity contribution >= 4 is 0 Å². The zero-order chi connectivity index (χ0) is 10.7. The normalized spacial score (nSPS) is 21.5. The lowest BCUT2D eigenvalue weighted by Gasteiger charge is -2.35. The molecule has 1 fully saturated rings. The molecule has 1 saturated heterocycles. The molecule has 0 N–H and O–H groups in total. The molecule has 4 heteroatoms. The lowest BCUT2D eigenvalue weighted by molar-refractivity contribution is 0.117. The van der Waals surface area contributed by atoms with Gasteiger partial charge in [-0.3, -0.25) is 4.90 Å². The third kappa shape index (κ3) is 2.52. The maximum absolute atomic E-state index is 4.17. The van der Waals surface area contributed by atoms with E-state index < -0.39 is 0 Å². The molecule has 0 aliphatic carbocycles. The fraction of sp³-hybridized carbons (Fsp3) is 0.636. The van der Waals surface area contributed by atoms with Gasteiger partial charge in [-0.15, -0.1) is 0 Å². The summed E-state index contributed by atoms with van der Waals surface area (Å²) in [5.74, 6) is 0. The lowest BCUT2D eigenvalue weighted by atomic mass is 10.1. The molecule has 0 bridgehead atoms. The van der Waals surface area contributed by atoms with Gasteiger partial charge in [0, 0.05) is 32.4 Å². The molecule has 1 aromatic heterocycles. The SMILES string of the molecule is CC(c1cccnn1)N1CCN(C)CC1. The maximum atomic E-state index is 4.17. The molecule has 1 atom stereocenters. The van der Waals surface area contributed by atoms with Crippen LogP contribution in [0.2, 0.25) is 0 Å². The van der Waals surface area contributed by atoms with Gasteiger partial charge in [0.05, 0.1) is 11.7 Å². The number of rotatable bonds is 2. The molecule has 2 heterocycles. The fourth-order valence-corrected chi connectivity index (χ4v) is 1.93. The molecule has 0 radical (unpaired) electrons. The molecule has 1 aliphatic heterocycles. The van der Waals surface area contributed by atoms with E-state index in [-0.39, 0.29) is 0 Å². The van der Waals surface area contributed by atoms with Crippen LogP contribution in [0.25, 0.3) is 0 Å². The molecule has 1 aliphatic rings. The van der Waals surface area contributed by atoms with Crippen molar-refractivity contribution < 1.29 is 0 Å². The third-order valence-electron chi connectivity index (χ3n) is 3.11. The van der Waals surface area contributed by atoms with Crippen molar-refractivity contribution in [3.63, 3.8) is 0 Å². The lowest BCUT2D eigenvalue weighted by Crippen LogP contribution is -2.45. The molecule has 15 heavy (non-hydrogen) atoms. The predicted octanol–water partition coefficient (Wildman–Crippen LogP) is 0.785. The van der Waals surface area contributed by atoms with Crippen molar-refractivity contribution in [2.75, 3.05) is 33.2 Å². The van der Waals surface area contributed by atoms with Gasteiger partial charge >= 0.3 is 0 Å². The van der Waals surface area contributed by atoms with E-state index in [1.165, 1.54) is 0 Å². The molecule has 0 amide bonds. The molecule has 2 rings (SSSR count). The second-order valence-electron chi connectivity index (χ2n) is 4.16. The van der Waals surface area contributed by atoms with Crippen molar-refractivity contribution in [2.24, 2.45) is 0 Å². The van der Waals surface area contributed by atoms with Crippen LogP contribution in [0.5, 0.6) is 0 Å². The van der Waals surface area contributed by atoms with E-state index in [0.29, 0.717) is 6.04 Å². The zero-order valence-electron chi connectivity index (χ0n) is 9.43. The highest BCUT2D eigenvalue weighted by atomic mass is 15.3. The second-order valence-corrected chi connectivity index (χ2v) is 4.16. The summed E-state index contributed by atoms with van der Waals surface area (Å²) in [6.45, 7) is 6.73. The smallest absolute Gasteiger partial charge is 0.0799 e. The summed E-state index contributed by atoms with van der Waals surface area (Å²) in [7, 11) is 2.17. The quantitative estimate of drug-likeness (QED) is 0.716. The summed E-state index contributed by atoms with van der Waals surface area (Å²) >= 11 is 0. The molecule has 4 nitrogen and oxygen atoms in total. The Morgan fingerprint density at radius 3 is 2.60 bits per heavy atom. The topological polar surface area (TPSA) is 32.3 Å². The highest BCUT2D eigenvalue weighted by Gasteiger charge is 2.20. The molecule has 0 aromatic carbocycles. The van der Waals surface area contributed by atoms with Crippen LogP contribution in [0.3, 0.4) is 0 Å². The number of nitrogens with zero attached hydrogens (tertiary/aromatic N) is 4. The Labute approximate surface area is 90.9 Å². The molecule has 82 valence electrons. The molecule has 0 spiro atoms. The summed E-state index contributed by atoms with van der Waals surface area (Å²) in [6.07, 6.45) is 1.72. The van der Waals surface area contributed by atoms with Gasteiger partial charge in [-0.05, 0) is 26.1 Å². The van der Waals surface area contributed by atoms with E-state index in [9.17, 15) is 0 Å². The van der Waals surface area contributed by atoms with Crippen molar-refractivity contribution in [2.45, 2.75) is 13.0 Å². The van der Waals surface area contributed by atoms with E-state index in [2.05, 4.69) is 40.0 Å². The van der Waals surface area contributed by atoms with Gasteiger partial charge < -0.3 is 4.90 Å². The number of likely N-dealkylation sites (N-methyl/N-ethyl adjacent to an activating group) is 1. The molecular formula is C11H18N4. The van der Waals surface area contributed by atoms with E-state index in [1.807, 2.05) is 6.07 Å². The van der Waals surface area contributed by atoms with Gasteiger partial charge in [-0.1, -0.05) is 0 Å². The minimum Gasteiger partial charge on any atom is -0.304 e. The Balaban J connectivity index is 1.99. The summed E-state index contributed by atoms with van der Waals surface area (Å²) in [5, 5.41) is 8.10. The predicted molar refractivity (Wildman–Crippen MR) is 59.5 cm³/mol. The molecular weight excluding hydrogens is 188 g/mol. The van der Waals surface area contributed by atoms with Crippen molar-refractivity contribution in [3.05, 3.63) is 24.0 Å². The summed E-state index contributed by atoms with van der Waals surface area (Å²) in [5.41, 5.74) is 1.07. The maximum Gasteiger partial charge on any atom is 0.0799 e. The number of piperazine rings is 1.